The highest BCUT2D eigenvalue weighted by Gasteiger charge is 2.31. The van der Waals surface area contributed by atoms with Gasteiger partial charge in [0.05, 0.1) is 24.8 Å². The summed E-state index contributed by atoms with van der Waals surface area (Å²) in [5.41, 5.74) is -0.0724. The minimum absolute atomic E-state index is 0.178. The molecule has 1 heterocycles. The van der Waals surface area contributed by atoms with Gasteiger partial charge in [-0.05, 0) is 13.8 Å². The first-order valence-corrected chi connectivity index (χ1v) is 6.24. The van der Waals surface area contributed by atoms with Crippen LogP contribution in [0.25, 0.3) is 0 Å². The van der Waals surface area contributed by atoms with Crippen LogP contribution in [0.1, 0.15) is 56.8 Å². The van der Waals surface area contributed by atoms with E-state index in [0.717, 1.165) is 0 Å². The zero-order valence-electron chi connectivity index (χ0n) is 12.8. The summed E-state index contributed by atoms with van der Waals surface area (Å²) in [4.78, 5) is 16.2. The Balaban J connectivity index is 3.18. The van der Waals surface area contributed by atoms with Crippen LogP contribution in [0.4, 0.5) is 0 Å². The van der Waals surface area contributed by atoms with Crippen LogP contribution in [0.5, 0.6) is 0 Å². The number of rotatable bonds is 4. The highest BCUT2D eigenvalue weighted by molar-refractivity contribution is 5.87. The standard InChI is InChI=1S/C14H23NO4/c1-13(2,3)11-10(12(16)17-6)19-9(15-11)8-14(4,5)18-7/h8H2,1-7H3. The van der Waals surface area contributed by atoms with Crippen molar-refractivity contribution >= 4 is 5.97 Å². The maximum atomic E-state index is 11.7. The molecule has 0 aliphatic rings. The summed E-state index contributed by atoms with van der Waals surface area (Å²) in [6.07, 6.45) is 0.490. The quantitative estimate of drug-likeness (QED) is 0.786. The average Bonchev–Trinajstić information content (AvgIpc) is 2.71. The molecule has 1 aromatic heterocycles. The Labute approximate surface area is 114 Å². The molecular weight excluding hydrogens is 246 g/mol. The van der Waals surface area contributed by atoms with Gasteiger partial charge >= 0.3 is 5.97 Å². The largest absolute Gasteiger partial charge is 0.463 e. The number of aromatic nitrogens is 1. The lowest BCUT2D eigenvalue weighted by atomic mass is 9.91. The number of carbonyl (C=O) groups excluding carboxylic acids is 1. The Bertz CT molecular complexity index is 455. The molecule has 0 aliphatic heterocycles. The predicted molar refractivity (Wildman–Crippen MR) is 71.3 cm³/mol. The van der Waals surface area contributed by atoms with Gasteiger partial charge < -0.3 is 13.9 Å². The van der Waals surface area contributed by atoms with E-state index in [2.05, 4.69) is 4.98 Å². The Morgan fingerprint density at radius 1 is 1.21 bits per heavy atom. The van der Waals surface area contributed by atoms with Gasteiger partial charge in [-0.1, -0.05) is 20.8 Å². The maximum absolute atomic E-state index is 11.7. The normalized spacial score (nSPS) is 12.6. The molecule has 1 rings (SSSR count). The van der Waals surface area contributed by atoms with E-state index in [1.165, 1.54) is 7.11 Å². The summed E-state index contributed by atoms with van der Waals surface area (Å²) in [5, 5.41) is 0. The second-order valence-corrected chi connectivity index (χ2v) is 6.17. The van der Waals surface area contributed by atoms with E-state index >= 15 is 0 Å². The molecule has 19 heavy (non-hydrogen) atoms. The minimum atomic E-state index is -0.501. The summed E-state index contributed by atoms with van der Waals surface area (Å²) in [7, 11) is 2.96. The van der Waals surface area contributed by atoms with Crippen LogP contribution in [0.3, 0.4) is 0 Å². The summed E-state index contributed by atoms with van der Waals surface area (Å²) in [6.45, 7) is 9.80. The van der Waals surface area contributed by atoms with Crippen molar-refractivity contribution in [2.45, 2.75) is 52.1 Å². The van der Waals surface area contributed by atoms with Crippen LogP contribution >= 0.6 is 0 Å². The first-order chi connectivity index (χ1) is 8.60. The van der Waals surface area contributed by atoms with Gasteiger partial charge in [-0.15, -0.1) is 0 Å². The van der Waals surface area contributed by atoms with Crippen LogP contribution in [0.15, 0.2) is 4.42 Å². The SMILES string of the molecule is COC(=O)c1oc(CC(C)(C)OC)nc1C(C)(C)C. The maximum Gasteiger partial charge on any atom is 0.376 e. The third-order valence-electron chi connectivity index (χ3n) is 2.88. The van der Waals surface area contributed by atoms with Crippen molar-refractivity contribution in [3.63, 3.8) is 0 Å². The molecule has 1 aromatic rings. The molecule has 108 valence electrons. The number of esters is 1. The zero-order valence-corrected chi connectivity index (χ0v) is 12.8. The first-order valence-electron chi connectivity index (χ1n) is 6.24. The van der Waals surface area contributed by atoms with E-state index < -0.39 is 11.6 Å². The molecular formula is C14H23NO4. The van der Waals surface area contributed by atoms with Gasteiger partial charge in [-0.2, -0.15) is 0 Å². The molecule has 0 radical (unpaired) electrons. The molecule has 0 aliphatic carbocycles. The second kappa shape index (κ2) is 5.33. The lowest BCUT2D eigenvalue weighted by Gasteiger charge is -2.20. The van der Waals surface area contributed by atoms with E-state index in [4.69, 9.17) is 13.9 Å². The fraction of sp³-hybridized carbons (Fsp3) is 0.714. The van der Waals surface area contributed by atoms with Gasteiger partial charge in [0.1, 0.15) is 0 Å². The van der Waals surface area contributed by atoms with Crippen molar-refractivity contribution in [1.29, 1.82) is 0 Å². The molecule has 0 bridgehead atoms. The van der Waals surface area contributed by atoms with Crippen molar-refractivity contribution in [2.75, 3.05) is 14.2 Å². The van der Waals surface area contributed by atoms with Gasteiger partial charge in [0.2, 0.25) is 5.76 Å². The number of oxazole rings is 1. The van der Waals surface area contributed by atoms with Crippen LogP contribution in [0, 0.1) is 0 Å². The van der Waals surface area contributed by atoms with Crippen molar-refractivity contribution in [1.82, 2.24) is 4.98 Å². The molecule has 0 atom stereocenters. The van der Waals surface area contributed by atoms with Gasteiger partial charge in [0.15, 0.2) is 5.89 Å². The lowest BCUT2D eigenvalue weighted by Crippen LogP contribution is -2.25. The van der Waals surface area contributed by atoms with Gasteiger partial charge in [0, 0.05) is 12.5 Å². The van der Waals surface area contributed by atoms with Crippen LogP contribution in [-0.4, -0.2) is 30.8 Å². The topological polar surface area (TPSA) is 61.6 Å². The van der Waals surface area contributed by atoms with Crippen molar-refractivity contribution in [2.24, 2.45) is 0 Å². The summed E-state index contributed by atoms with van der Waals surface area (Å²) >= 11 is 0. The van der Waals surface area contributed by atoms with Crippen LogP contribution in [-0.2, 0) is 21.3 Å². The van der Waals surface area contributed by atoms with E-state index in [1.54, 1.807) is 7.11 Å². The molecule has 5 nitrogen and oxygen atoms in total. The Hall–Kier alpha value is -1.36. The second-order valence-electron chi connectivity index (χ2n) is 6.17. The molecule has 0 aromatic carbocycles. The first kappa shape index (κ1) is 15.7. The van der Waals surface area contributed by atoms with Crippen LogP contribution in [0.2, 0.25) is 0 Å². The minimum Gasteiger partial charge on any atom is -0.463 e. The van der Waals surface area contributed by atoms with Crippen molar-refractivity contribution in [3.05, 3.63) is 17.3 Å². The molecule has 0 saturated heterocycles. The van der Waals surface area contributed by atoms with Gasteiger partial charge in [-0.3, -0.25) is 0 Å². The summed E-state index contributed by atoms with van der Waals surface area (Å²) < 4.78 is 15.7. The third-order valence-corrected chi connectivity index (χ3v) is 2.88. The Kier molecular flexibility index (Phi) is 4.40. The van der Waals surface area contributed by atoms with E-state index in [1.807, 2.05) is 34.6 Å². The molecule has 5 heteroatoms. The van der Waals surface area contributed by atoms with E-state index in [9.17, 15) is 4.79 Å². The molecule has 0 saturated carbocycles. The lowest BCUT2D eigenvalue weighted by molar-refractivity contribution is 0.0175. The number of nitrogens with zero attached hydrogens (tertiary/aromatic N) is 1. The van der Waals surface area contributed by atoms with Gasteiger partial charge in [-0.25, -0.2) is 9.78 Å². The highest BCUT2D eigenvalue weighted by atomic mass is 16.5. The van der Waals surface area contributed by atoms with Gasteiger partial charge in [0.25, 0.3) is 0 Å². The predicted octanol–water partition coefficient (Wildman–Crippen LogP) is 2.73. The summed E-state index contributed by atoms with van der Waals surface area (Å²) in [5.74, 6) is 0.160. The Morgan fingerprint density at radius 2 is 1.79 bits per heavy atom. The summed E-state index contributed by atoms with van der Waals surface area (Å²) in [6, 6.07) is 0. The fourth-order valence-corrected chi connectivity index (χ4v) is 1.62. The monoisotopic (exact) mass is 269 g/mol. The van der Waals surface area contributed by atoms with Crippen molar-refractivity contribution < 1.29 is 18.7 Å². The van der Waals surface area contributed by atoms with Crippen LogP contribution < -0.4 is 0 Å². The molecule has 0 fully saturated rings. The molecule has 0 amide bonds. The number of methoxy groups -OCH3 is 2. The fourth-order valence-electron chi connectivity index (χ4n) is 1.62. The average molecular weight is 269 g/mol. The number of carbonyl (C=O) groups is 1. The number of ether oxygens (including phenoxy) is 2. The molecule has 0 unspecified atom stereocenters. The molecule has 0 spiro atoms. The van der Waals surface area contributed by atoms with E-state index in [0.29, 0.717) is 18.0 Å². The zero-order chi connectivity index (χ0) is 14.8. The van der Waals surface area contributed by atoms with Crippen molar-refractivity contribution in [3.8, 4) is 0 Å². The Morgan fingerprint density at radius 3 is 2.21 bits per heavy atom. The number of hydrogen-bond acceptors (Lipinski definition) is 5. The third kappa shape index (κ3) is 3.80. The molecule has 0 N–H and O–H groups in total. The highest BCUT2D eigenvalue weighted by Crippen LogP contribution is 2.28. The number of hydrogen-bond donors (Lipinski definition) is 0. The van der Waals surface area contributed by atoms with E-state index in [-0.39, 0.29) is 11.2 Å². The smallest absolute Gasteiger partial charge is 0.376 e.